The number of hydrogen-bond acceptors (Lipinski definition) is 9. The van der Waals surface area contributed by atoms with Gasteiger partial charge in [-0.2, -0.15) is 0 Å². The molecule has 194 valence electrons. The summed E-state index contributed by atoms with van der Waals surface area (Å²) < 4.78 is 0. The highest BCUT2D eigenvalue weighted by atomic mass is 16.3. The molecule has 3 heterocycles. The third-order valence-corrected chi connectivity index (χ3v) is 6.23. The van der Waals surface area contributed by atoms with E-state index >= 15 is 0 Å². The molecule has 7 N–H and O–H groups in total. The van der Waals surface area contributed by atoms with Crippen LogP contribution in [-0.4, -0.2) is 66.8 Å². The average molecular weight is 487 g/mol. The Balaban J connectivity index is 0.000000234. The maximum absolute atomic E-state index is 11.4. The zero-order chi connectivity index (χ0) is 25.6. The molecule has 9 heteroatoms. The molecule has 2 aliphatic rings. The summed E-state index contributed by atoms with van der Waals surface area (Å²) >= 11 is 0. The van der Waals surface area contributed by atoms with Crippen molar-refractivity contribution in [3.8, 4) is 0 Å². The van der Waals surface area contributed by atoms with Crippen molar-refractivity contribution in [2.24, 2.45) is 5.84 Å². The monoisotopic (exact) mass is 486 g/mol. The lowest BCUT2D eigenvalue weighted by Crippen LogP contribution is -2.32. The number of carbonyl (C=O) groups excluding carboxylic acids is 1. The van der Waals surface area contributed by atoms with Crippen LogP contribution in [0.1, 0.15) is 55.0 Å². The van der Waals surface area contributed by atoms with E-state index in [-0.39, 0.29) is 12.6 Å². The molecule has 1 fully saturated rings. The van der Waals surface area contributed by atoms with Crippen LogP contribution < -0.4 is 21.9 Å². The first-order chi connectivity index (χ1) is 17.0. The Bertz CT molecular complexity index is 903. The molecule has 0 saturated carbocycles. The quantitative estimate of drug-likeness (QED) is 0.125. The number of anilines is 3. The summed E-state index contributed by atoms with van der Waals surface area (Å²) in [7, 11) is 2.74. The van der Waals surface area contributed by atoms with E-state index in [1.54, 1.807) is 13.1 Å². The maximum atomic E-state index is 11.4. The van der Waals surface area contributed by atoms with Gasteiger partial charge < -0.3 is 31.1 Å². The fourth-order valence-corrected chi connectivity index (χ4v) is 4.53. The van der Waals surface area contributed by atoms with Crippen LogP contribution in [0, 0.1) is 0 Å². The normalized spacial score (nSPS) is 15.5. The number of aromatic nitrogens is 1. The molecule has 0 amide bonds. The Kier molecular flexibility index (Phi) is 12.5. The predicted molar refractivity (Wildman–Crippen MR) is 142 cm³/mol. The number of hydrogen-bond donors (Lipinski definition) is 5. The van der Waals surface area contributed by atoms with E-state index in [1.165, 1.54) is 17.0 Å². The van der Waals surface area contributed by atoms with Gasteiger partial charge in [-0.3, -0.25) is 4.90 Å². The lowest BCUT2D eigenvalue weighted by molar-refractivity contribution is -0.112. The number of carbonyl (C=O) groups is 1. The number of likely N-dealkylation sites (tertiary alicyclic amines) is 1. The molecular formula is C26H42N6O3. The number of benzene rings is 1. The van der Waals surface area contributed by atoms with E-state index in [1.807, 2.05) is 12.1 Å². The highest BCUT2D eigenvalue weighted by Crippen LogP contribution is 2.33. The second-order valence-electron chi connectivity index (χ2n) is 8.74. The topological polar surface area (TPSA) is 141 Å². The molecule has 0 radical (unpaired) electrons. The lowest BCUT2D eigenvalue weighted by Gasteiger charge is -2.27. The number of aliphatic hydroxyl groups is 2. The minimum absolute atomic E-state index is 0.253. The molecule has 1 unspecified atom stereocenters. The fraction of sp³-hybridized carbons (Fsp3) is 0.538. The van der Waals surface area contributed by atoms with Crippen LogP contribution in [-0.2, 0) is 17.6 Å². The van der Waals surface area contributed by atoms with Gasteiger partial charge in [0.2, 0.25) is 0 Å². The number of aliphatic hydroxyl groups excluding tert-OH is 2. The van der Waals surface area contributed by atoms with Crippen molar-refractivity contribution < 1.29 is 15.0 Å². The molecule has 4 rings (SSSR count). The number of nitrogens with one attached hydrogen (secondary N) is 1. The molecule has 1 saturated heterocycles. The molecular weight excluding hydrogens is 444 g/mol. The summed E-state index contributed by atoms with van der Waals surface area (Å²) in [5.74, 6) is 6.90. The number of nitrogen functional groups attached to an aromatic ring is 1. The minimum Gasteiger partial charge on any atom is -0.400 e. The van der Waals surface area contributed by atoms with Crippen LogP contribution in [0.25, 0.3) is 0 Å². The van der Waals surface area contributed by atoms with Gasteiger partial charge in [-0.15, -0.1) is 0 Å². The van der Waals surface area contributed by atoms with Gasteiger partial charge in [-0.1, -0.05) is 18.2 Å². The number of unbranched alkanes of at least 4 members (excludes halogenated alkanes) is 1. The first-order valence-electron chi connectivity index (χ1n) is 12.4. The average Bonchev–Trinajstić information content (AvgIpc) is 3.41. The fourth-order valence-electron chi connectivity index (χ4n) is 4.53. The number of aryl methyl sites for hydroxylation is 2. The van der Waals surface area contributed by atoms with E-state index in [2.05, 4.69) is 27.3 Å². The summed E-state index contributed by atoms with van der Waals surface area (Å²) in [6, 6.07) is 9.63. The Morgan fingerprint density at radius 1 is 1.17 bits per heavy atom. The number of nitrogens with zero attached hydrogens (tertiary/aromatic N) is 3. The van der Waals surface area contributed by atoms with Crippen molar-refractivity contribution in [1.82, 2.24) is 9.88 Å². The van der Waals surface area contributed by atoms with Gasteiger partial charge in [0, 0.05) is 38.6 Å². The van der Waals surface area contributed by atoms with Gasteiger partial charge in [0.25, 0.3) is 0 Å². The van der Waals surface area contributed by atoms with Crippen molar-refractivity contribution in [3.05, 3.63) is 47.2 Å². The molecule has 1 aromatic heterocycles. The zero-order valence-electron chi connectivity index (χ0n) is 21.1. The smallest absolute Gasteiger partial charge is 0.141 e. The highest BCUT2D eigenvalue weighted by molar-refractivity contribution is 5.76. The third kappa shape index (κ3) is 8.17. The van der Waals surface area contributed by atoms with E-state index in [4.69, 9.17) is 21.8 Å². The first-order valence-corrected chi connectivity index (χ1v) is 12.4. The first kappa shape index (κ1) is 28.5. The molecule has 1 aromatic carbocycles. The number of nitrogens with two attached hydrogens (primary N) is 2. The van der Waals surface area contributed by atoms with Gasteiger partial charge in [0.1, 0.15) is 12.1 Å². The summed E-state index contributed by atoms with van der Waals surface area (Å²) in [5, 5.41) is 20.5. The minimum atomic E-state index is -0.253. The molecule has 1 atom stereocenters. The molecule has 9 nitrogen and oxygen atoms in total. The standard InChI is InChI=1S/C13H20N4O.C12H18N2O.CH4O/c1-16(15)13-10(5-4-6-11(13)14)12(9-18)17-7-2-3-8-17;15-9-2-1-5-11-7-6-10-4-3-8-13-12(10)14-11;1-2/h4-6,9,12H,2-3,7-8,14-15H2,1H3;6-7,15H,1-5,8-9H2,(H,13,14);2H,1H3. The van der Waals surface area contributed by atoms with Gasteiger partial charge in [-0.25, -0.2) is 10.8 Å². The van der Waals surface area contributed by atoms with Gasteiger partial charge in [0.15, 0.2) is 0 Å². The molecule has 0 aliphatic carbocycles. The van der Waals surface area contributed by atoms with Crippen molar-refractivity contribution in [1.29, 1.82) is 0 Å². The van der Waals surface area contributed by atoms with Crippen LogP contribution in [0.2, 0.25) is 0 Å². The van der Waals surface area contributed by atoms with Crippen LogP contribution in [0.3, 0.4) is 0 Å². The van der Waals surface area contributed by atoms with Gasteiger partial charge in [-0.05, 0) is 75.7 Å². The second-order valence-corrected chi connectivity index (χ2v) is 8.74. The Morgan fingerprint density at radius 3 is 2.57 bits per heavy atom. The second kappa shape index (κ2) is 15.3. The van der Waals surface area contributed by atoms with Crippen LogP contribution in [0.15, 0.2) is 30.3 Å². The van der Waals surface area contributed by atoms with Crippen molar-refractivity contribution in [3.63, 3.8) is 0 Å². The number of aldehydes is 1. The van der Waals surface area contributed by atoms with Crippen molar-refractivity contribution in [2.45, 2.75) is 51.0 Å². The van der Waals surface area contributed by atoms with Crippen LogP contribution in [0.4, 0.5) is 17.2 Å². The zero-order valence-corrected chi connectivity index (χ0v) is 21.1. The molecule has 2 aromatic rings. The SMILES string of the molecule is CN(N)c1c(N)cccc1C(C=O)N1CCCC1.CO.OCCCCc1ccc2c(n1)NCCC2. The third-order valence-electron chi connectivity index (χ3n) is 6.23. The molecule has 0 spiro atoms. The number of para-hydroxylation sites is 1. The van der Waals surface area contributed by atoms with E-state index in [0.717, 1.165) is 94.3 Å². The predicted octanol–water partition coefficient (Wildman–Crippen LogP) is 2.28. The van der Waals surface area contributed by atoms with Crippen LogP contribution in [0.5, 0.6) is 0 Å². The Labute approximate surface area is 209 Å². The van der Waals surface area contributed by atoms with E-state index < -0.39 is 0 Å². The van der Waals surface area contributed by atoms with Crippen molar-refractivity contribution in [2.75, 3.05) is 56.5 Å². The van der Waals surface area contributed by atoms with E-state index in [9.17, 15) is 4.79 Å². The lowest BCUT2D eigenvalue weighted by atomic mass is 10.0. The molecule has 0 bridgehead atoms. The number of hydrazine groups is 1. The molecule has 35 heavy (non-hydrogen) atoms. The largest absolute Gasteiger partial charge is 0.400 e. The van der Waals surface area contributed by atoms with E-state index in [0.29, 0.717) is 5.69 Å². The summed E-state index contributed by atoms with van der Waals surface area (Å²) in [4.78, 5) is 18.2. The number of pyridine rings is 1. The summed E-state index contributed by atoms with van der Waals surface area (Å²) in [5.41, 5.74) is 10.7. The highest BCUT2D eigenvalue weighted by Gasteiger charge is 2.26. The van der Waals surface area contributed by atoms with Gasteiger partial charge >= 0.3 is 0 Å². The van der Waals surface area contributed by atoms with Crippen molar-refractivity contribution >= 4 is 23.5 Å². The van der Waals surface area contributed by atoms with Crippen LogP contribution >= 0.6 is 0 Å². The summed E-state index contributed by atoms with van der Waals surface area (Å²) in [6.07, 6.45) is 8.46. The molecule has 2 aliphatic heterocycles. The Hall–Kier alpha value is -2.72. The number of rotatable bonds is 8. The van der Waals surface area contributed by atoms with Gasteiger partial charge in [0.05, 0.1) is 17.4 Å². The summed E-state index contributed by atoms with van der Waals surface area (Å²) in [6.45, 7) is 3.22. The Morgan fingerprint density at radius 2 is 1.91 bits per heavy atom. The maximum Gasteiger partial charge on any atom is 0.141 e. The number of fused-ring (bicyclic) bond motifs is 1.